The summed E-state index contributed by atoms with van der Waals surface area (Å²) in [6.45, 7) is 2.47. The van der Waals surface area contributed by atoms with E-state index in [1.807, 2.05) is 6.92 Å². The predicted molar refractivity (Wildman–Crippen MR) is 61.2 cm³/mol. The SMILES string of the molecule is COC(=O)NCCC(C)[Si](OC)(OC)OC. The summed E-state index contributed by atoms with van der Waals surface area (Å²) in [5.41, 5.74) is 0.102. The minimum Gasteiger partial charge on any atom is -0.453 e. The van der Waals surface area contributed by atoms with Crippen molar-refractivity contribution in [3.63, 3.8) is 0 Å². The Kier molecular flexibility index (Phi) is 7.31. The Hall–Kier alpha value is -0.633. The lowest BCUT2D eigenvalue weighted by Crippen LogP contribution is -2.47. The molecule has 0 radical (unpaired) electrons. The van der Waals surface area contributed by atoms with Gasteiger partial charge in [-0.15, -0.1) is 0 Å². The molecule has 0 fully saturated rings. The van der Waals surface area contributed by atoms with Crippen LogP contribution < -0.4 is 5.32 Å². The van der Waals surface area contributed by atoms with E-state index >= 15 is 0 Å². The van der Waals surface area contributed by atoms with Crippen LogP contribution in [0.1, 0.15) is 13.3 Å². The molecule has 1 N–H and O–H groups in total. The number of rotatable bonds is 7. The number of alkyl carbamates (subject to hydrolysis) is 1. The highest BCUT2D eigenvalue weighted by atomic mass is 28.4. The maximum atomic E-state index is 10.8. The van der Waals surface area contributed by atoms with E-state index in [2.05, 4.69) is 10.1 Å². The van der Waals surface area contributed by atoms with Crippen molar-refractivity contribution in [2.45, 2.75) is 18.9 Å². The lowest BCUT2D eigenvalue weighted by atomic mass is 10.3. The van der Waals surface area contributed by atoms with E-state index in [1.54, 1.807) is 21.3 Å². The van der Waals surface area contributed by atoms with Gasteiger partial charge < -0.3 is 23.3 Å². The molecule has 0 rings (SSSR count). The summed E-state index contributed by atoms with van der Waals surface area (Å²) in [6, 6.07) is 0. The minimum atomic E-state index is -2.60. The highest BCUT2D eigenvalue weighted by molar-refractivity contribution is 6.62. The summed E-state index contributed by atoms with van der Waals surface area (Å²) in [6.07, 6.45) is 0.267. The topological polar surface area (TPSA) is 66.0 Å². The molecule has 0 saturated carbocycles. The van der Waals surface area contributed by atoms with Crippen LogP contribution in [0.15, 0.2) is 0 Å². The predicted octanol–water partition coefficient (Wildman–Crippen LogP) is 1.00. The molecule has 96 valence electrons. The van der Waals surface area contributed by atoms with Crippen LogP contribution in [0.4, 0.5) is 4.79 Å². The fraction of sp³-hybridized carbons (Fsp3) is 0.889. The van der Waals surface area contributed by atoms with Gasteiger partial charge >= 0.3 is 14.9 Å². The fourth-order valence-electron chi connectivity index (χ4n) is 1.49. The van der Waals surface area contributed by atoms with Crippen LogP contribution in [-0.2, 0) is 18.0 Å². The molecule has 0 aliphatic heterocycles. The first kappa shape index (κ1) is 15.4. The second-order valence-corrected chi connectivity index (χ2v) is 6.74. The highest BCUT2D eigenvalue weighted by Crippen LogP contribution is 2.26. The number of ether oxygens (including phenoxy) is 1. The van der Waals surface area contributed by atoms with Gasteiger partial charge in [0.05, 0.1) is 7.11 Å². The Labute approximate surface area is 97.6 Å². The van der Waals surface area contributed by atoms with Crippen molar-refractivity contribution in [2.75, 3.05) is 35.0 Å². The second kappa shape index (κ2) is 7.61. The second-order valence-electron chi connectivity index (χ2n) is 3.32. The Balaban J connectivity index is 4.11. The Morgan fingerprint density at radius 3 is 2.06 bits per heavy atom. The van der Waals surface area contributed by atoms with Crippen molar-refractivity contribution < 1.29 is 22.8 Å². The lowest BCUT2D eigenvalue weighted by Gasteiger charge is -2.30. The zero-order valence-electron chi connectivity index (χ0n) is 10.5. The molecule has 0 aliphatic carbocycles. The van der Waals surface area contributed by atoms with E-state index in [0.717, 1.165) is 0 Å². The van der Waals surface area contributed by atoms with Gasteiger partial charge in [0.2, 0.25) is 0 Å². The average molecular weight is 251 g/mol. The average Bonchev–Trinajstić information content (AvgIpc) is 2.31. The molecule has 16 heavy (non-hydrogen) atoms. The zero-order chi connectivity index (χ0) is 12.6. The fourth-order valence-corrected chi connectivity index (χ4v) is 3.70. The Morgan fingerprint density at radius 1 is 1.19 bits per heavy atom. The van der Waals surface area contributed by atoms with Crippen molar-refractivity contribution in [2.24, 2.45) is 0 Å². The zero-order valence-corrected chi connectivity index (χ0v) is 11.5. The Bertz CT molecular complexity index is 202. The number of methoxy groups -OCH3 is 1. The van der Waals surface area contributed by atoms with Crippen LogP contribution in [0.5, 0.6) is 0 Å². The molecule has 7 heteroatoms. The van der Waals surface area contributed by atoms with Crippen molar-refractivity contribution in [3.8, 4) is 0 Å². The third kappa shape index (κ3) is 4.09. The number of hydrogen-bond donors (Lipinski definition) is 1. The van der Waals surface area contributed by atoms with Gasteiger partial charge in [0.15, 0.2) is 0 Å². The standard InChI is InChI=1S/C9H21NO5Si/c1-8(6-7-10-9(11)12-2)16(13-3,14-4)15-5/h8H,6-7H2,1-5H3,(H,10,11). The summed E-state index contributed by atoms with van der Waals surface area (Å²) in [5.74, 6) is 0. The molecule has 0 bridgehead atoms. The first-order chi connectivity index (χ1) is 7.56. The van der Waals surface area contributed by atoms with Crippen LogP contribution in [-0.4, -0.2) is 49.9 Å². The molecule has 0 heterocycles. The summed E-state index contributed by atoms with van der Waals surface area (Å²) in [5, 5.41) is 2.60. The van der Waals surface area contributed by atoms with Gasteiger partial charge in [0.1, 0.15) is 0 Å². The van der Waals surface area contributed by atoms with E-state index in [9.17, 15) is 4.79 Å². The number of carbonyl (C=O) groups excluding carboxylic acids is 1. The van der Waals surface area contributed by atoms with E-state index in [4.69, 9.17) is 13.3 Å². The van der Waals surface area contributed by atoms with Crippen molar-refractivity contribution >= 4 is 14.9 Å². The normalized spacial score (nSPS) is 13.3. The molecular formula is C9H21NO5Si. The molecule has 0 saturated heterocycles. The van der Waals surface area contributed by atoms with Gasteiger partial charge in [-0.2, -0.15) is 0 Å². The van der Waals surface area contributed by atoms with Crippen LogP contribution in [0.3, 0.4) is 0 Å². The largest absolute Gasteiger partial charge is 0.503 e. The summed E-state index contributed by atoms with van der Waals surface area (Å²) < 4.78 is 20.5. The lowest BCUT2D eigenvalue weighted by molar-refractivity contribution is 0.111. The Morgan fingerprint density at radius 2 is 1.69 bits per heavy atom. The van der Waals surface area contributed by atoms with Crippen LogP contribution >= 0.6 is 0 Å². The molecule has 1 atom stereocenters. The van der Waals surface area contributed by atoms with Gasteiger partial charge in [0.25, 0.3) is 0 Å². The van der Waals surface area contributed by atoms with Gasteiger partial charge in [-0.1, -0.05) is 6.92 Å². The molecule has 0 aromatic carbocycles. The van der Waals surface area contributed by atoms with Gasteiger partial charge in [-0.05, 0) is 6.42 Å². The number of hydrogen-bond acceptors (Lipinski definition) is 5. The first-order valence-electron chi connectivity index (χ1n) is 5.03. The van der Waals surface area contributed by atoms with Crippen LogP contribution in [0, 0.1) is 0 Å². The number of carbonyl (C=O) groups is 1. The van der Waals surface area contributed by atoms with Gasteiger partial charge in [-0.25, -0.2) is 4.79 Å². The van der Waals surface area contributed by atoms with Crippen LogP contribution in [0.25, 0.3) is 0 Å². The summed E-state index contributed by atoms with van der Waals surface area (Å²) in [7, 11) is 3.45. The van der Waals surface area contributed by atoms with Gasteiger partial charge in [0, 0.05) is 33.4 Å². The molecule has 1 amide bonds. The molecule has 6 nitrogen and oxygen atoms in total. The minimum absolute atomic E-state index is 0.102. The summed E-state index contributed by atoms with van der Waals surface area (Å²) in [4.78, 5) is 10.8. The van der Waals surface area contributed by atoms with E-state index in [0.29, 0.717) is 13.0 Å². The first-order valence-corrected chi connectivity index (χ1v) is 6.83. The third-order valence-corrected chi connectivity index (χ3v) is 5.69. The van der Waals surface area contributed by atoms with E-state index < -0.39 is 14.9 Å². The quantitative estimate of drug-likeness (QED) is 0.684. The summed E-state index contributed by atoms with van der Waals surface area (Å²) >= 11 is 0. The molecule has 0 aromatic rings. The highest BCUT2D eigenvalue weighted by Gasteiger charge is 2.44. The smallest absolute Gasteiger partial charge is 0.453 e. The van der Waals surface area contributed by atoms with E-state index in [1.165, 1.54) is 7.11 Å². The van der Waals surface area contributed by atoms with Gasteiger partial charge in [-0.3, -0.25) is 0 Å². The third-order valence-electron chi connectivity index (χ3n) is 2.49. The molecule has 0 aliphatic rings. The number of nitrogens with one attached hydrogen (secondary N) is 1. The van der Waals surface area contributed by atoms with Crippen molar-refractivity contribution in [3.05, 3.63) is 0 Å². The maximum absolute atomic E-state index is 10.8. The van der Waals surface area contributed by atoms with Crippen LogP contribution in [0.2, 0.25) is 5.54 Å². The number of amides is 1. The van der Waals surface area contributed by atoms with Crippen molar-refractivity contribution in [1.29, 1.82) is 0 Å². The molecule has 0 aromatic heterocycles. The molecule has 1 unspecified atom stereocenters. The van der Waals surface area contributed by atoms with Crippen molar-refractivity contribution in [1.82, 2.24) is 5.32 Å². The maximum Gasteiger partial charge on any atom is 0.503 e. The monoisotopic (exact) mass is 251 g/mol. The van der Waals surface area contributed by atoms with E-state index in [-0.39, 0.29) is 5.54 Å². The molecule has 0 spiro atoms. The molecular weight excluding hydrogens is 230 g/mol.